The van der Waals surface area contributed by atoms with Gasteiger partial charge >= 0.3 is 0 Å². The molecule has 0 radical (unpaired) electrons. The Hall–Kier alpha value is -1.29. The van der Waals surface area contributed by atoms with E-state index in [1.165, 1.54) is 15.6 Å². The highest BCUT2D eigenvalue weighted by atomic mass is 79.9. The van der Waals surface area contributed by atoms with Crippen molar-refractivity contribution in [1.29, 1.82) is 0 Å². The maximum Gasteiger partial charge on any atom is 0.128 e. The van der Waals surface area contributed by atoms with E-state index in [1.807, 2.05) is 12.4 Å². The minimum atomic E-state index is 0.757. The Labute approximate surface area is 123 Å². The Morgan fingerprint density at radius 3 is 2.58 bits per heavy atom. The molecule has 1 heterocycles. The highest BCUT2D eigenvalue weighted by Crippen LogP contribution is 2.25. The molecule has 1 N–H and O–H groups in total. The van der Waals surface area contributed by atoms with E-state index in [0.717, 1.165) is 31.0 Å². The van der Waals surface area contributed by atoms with Crippen molar-refractivity contribution >= 4 is 21.6 Å². The van der Waals surface area contributed by atoms with Crippen molar-refractivity contribution in [3.8, 4) is 0 Å². The zero-order chi connectivity index (χ0) is 13.8. The molecular weight excluding hydrogens is 302 g/mol. The first-order valence-electron chi connectivity index (χ1n) is 6.62. The van der Waals surface area contributed by atoms with E-state index < -0.39 is 0 Å². The summed E-state index contributed by atoms with van der Waals surface area (Å²) in [6, 6.07) is 4.31. The first kappa shape index (κ1) is 14.1. The Morgan fingerprint density at radius 1 is 1.26 bits per heavy atom. The molecule has 4 heteroatoms. The van der Waals surface area contributed by atoms with E-state index in [4.69, 9.17) is 0 Å². The summed E-state index contributed by atoms with van der Waals surface area (Å²) < 4.78 is 3.39. The van der Waals surface area contributed by atoms with Gasteiger partial charge in [0.25, 0.3) is 0 Å². The number of nitrogens with one attached hydrogen (secondary N) is 1. The molecular formula is C15H20BrN3. The predicted molar refractivity (Wildman–Crippen MR) is 83.5 cm³/mol. The molecule has 2 aromatic rings. The molecule has 0 fully saturated rings. The Kier molecular flexibility index (Phi) is 4.64. The average Bonchev–Trinajstić information content (AvgIpc) is 2.81. The van der Waals surface area contributed by atoms with E-state index >= 15 is 0 Å². The molecule has 1 aromatic heterocycles. The number of halogens is 1. The van der Waals surface area contributed by atoms with Crippen molar-refractivity contribution in [2.45, 2.75) is 40.3 Å². The normalized spacial score (nSPS) is 10.7. The summed E-state index contributed by atoms with van der Waals surface area (Å²) in [5.74, 6) is 1.08. The number of hydrogen-bond donors (Lipinski definition) is 1. The standard InChI is InChI=1S/C15H20BrN3/c1-4-6-19-7-5-17-14(19)10-18-13-8-11(2)15(16)12(3)9-13/h5,7-9,18H,4,6,10H2,1-3H3. The van der Waals surface area contributed by atoms with Crippen molar-refractivity contribution in [3.05, 3.63) is 46.0 Å². The van der Waals surface area contributed by atoms with Crippen LogP contribution in [0.15, 0.2) is 29.0 Å². The molecule has 0 aliphatic carbocycles. The van der Waals surface area contributed by atoms with E-state index in [1.54, 1.807) is 0 Å². The van der Waals surface area contributed by atoms with Crippen molar-refractivity contribution in [2.75, 3.05) is 5.32 Å². The molecule has 0 aliphatic heterocycles. The molecule has 0 saturated heterocycles. The van der Waals surface area contributed by atoms with Gasteiger partial charge in [0.15, 0.2) is 0 Å². The van der Waals surface area contributed by atoms with Crippen LogP contribution in [0.25, 0.3) is 0 Å². The number of aryl methyl sites for hydroxylation is 3. The Morgan fingerprint density at radius 2 is 1.95 bits per heavy atom. The molecule has 0 atom stereocenters. The minimum absolute atomic E-state index is 0.757. The van der Waals surface area contributed by atoms with Gasteiger partial charge in [-0.15, -0.1) is 0 Å². The summed E-state index contributed by atoms with van der Waals surface area (Å²) in [4.78, 5) is 4.40. The minimum Gasteiger partial charge on any atom is -0.378 e. The third-order valence-corrected chi connectivity index (χ3v) is 4.40. The molecule has 3 nitrogen and oxygen atoms in total. The number of hydrogen-bond acceptors (Lipinski definition) is 2. The second kappa shape index (κ2) is 6.24. The largest absolute Gasteiger partial charge is 0.378 e. The quantitative estimate of drug-likeness (QED) is 0.890. The third-order valence-electron chi connectivity index (χ3n) is 3.15. The summed E-state index contributed by atoms with van der Waals surface area (Å²) in [5.41, 5.74) is 3.64. The van der Waals surface area contributed by atoms with Gasteiger partial charge in [-0.2, -0.15) is 0 Å². The zero-order valence-corrected chi connectivity index (χ0v) is 13.3. The van der Waals surface area contributed by atoms with Crippen LogP contribution in [0, 0.1) is 13.8 Å². The number of anilines is 1. The SMILES string of the molecule is CCCn1ccnc1CNc1cc(C)c(Br)c(C)c1. The van der Waals surface area contributed by atoms with Gasteiger partial charge < -0.3 is 9.88 Å². The lowest BCUT2D eigenvalue weighted by Crippen LogP contribution is -2.08. The lowest BCUT2D eigenvalue weighted by molar-refractivity contribution is 0.644. The fourth-order valence-corrected chi connectivity index (χ4v) is 2.41. The first-order chi connectivity index (χ1) is 9.11. The molecule has 0 saturated carbocycles. The van der Waals surface area contributed by atoms with Gasteiger partial charge in [-0.3, -0.25) is 0 Å². The van der Waals surface area contributed by atoms with Crippen LogP contribution in [0.2, 0.25) is 0 Å². The van der Waals surface area contributed by atoms with E-state index in [0.29, 0.717) is 0 Å². The van der Waals surface area contributed by atoms with E-state index in [2.05, 4.69) is 63.7 Å². The molecule has 19 heavy (non-hydrogen) atoms. The highest BCUT2D eigenvalue weighted by Gasteiger charge is 2.04. The van der Waals surface area contributed by atoms with Crippen LogP contribution in [0.4, 0.5) is 5.69 Å². The second-order valence-corrected chi connectivity index (χ2v) is 5.61. The topological polar surface area (TPSA) is 29.9 Å². The Balaban J connectivity index is 2.08. The second-order valence-electron chi connectivity index (χ2n) is 4.81. The van der Waals surface area contributed by atoms with Crippen LogP contribution >= 0.6 is 15.9 Å². The van der Waals surface area contributed by atoms with E-state index in [-0.39, 0.29) is 0 Å². The molecule has 102 valence electrons. The lowest BCUT2D eigenvalue weighted by atomic mass is 10.1. The summed E-state index contributed by atoms with van der Waals surface area (Å²) in [7, 11) is 0. The summed E-state index contributed by atoms with van der Waals surface area (Å²) in [6.45, 7) is 8.18. The highest BCUT2D eigenvalue weighted by molar-refractivity contribution is 9.10. The predicted octanol–water partition coefficient (Wildman–Crippen LogP) is 4.28. The van der Waals surface area contributed by atoms with Gasteiger partial charge in [0.1, 0.15) is 5.82 Å². The molecule has 0 spiro atoms. The van der Waals surface area contributed by atoms with Crippen LogP contribution in [0.5, 0.6) is 0 Å². The smallest absolute Gasteiger partial charge is 0.128 e. The van der Waals surface area contributed by atoms with Crippen molar-refractivity contribution in [2.24, 2.45) is 0 Å². The van der Waals surface area contributed by atoms with E-state index in [9.17, 15) is 0 Å². The number of imidazole rings is 1. The summed E-state index contributed by atoms with van der Waals surface area (Å²) >= 11 is 3.59. The Bertz CT molecular complexity index is 537. The molecule has 1 aromatic carbocycles. The van der Waals surface area contributed by atoms with Crippen molar-refractivity contribution in [1.82, 2.24) is 9.55 Å². The number of benzene rings is 1. The zero-order valence-electron chi connectivity index (χ0n) is 11.7. The fourth-order valence-electron chi connectivity index (χ4n) is 2.18. The third kappa shape index (κ3) is 3.38. The van der Waals surface area contributed by atoms with Crippen LogP contribution in [-0.4, -0.2) is 9.55 Å². The van der Waals surface area contributed by atoms with Crippen molar-refractivity contribution in [3.63, 3.8) is 0 Å². The summed E-state index contributed by atoms with van der Waals surface area (Å²) in [6.07, 6.45) is 5.03. The molecule has 2 rings (SSSR count). The van der Waals surface area contributed by atoms with Crippen LogP contribution < -0.4 is 5.32 Å². The van der Waals surface area contributed by atoms with Crippen molar-refractivity contribution < 1.29 is 0 Å². The van der Waals surface area contributed by atoms with Crippen LogP contribution in [0.1, 0.15) is 30.3 Å². The number of nitrogens with zero attached hydrogens (tertiary/aromatic N) is 2. The molecule has 0 unspecified atom stereocenters. The van der Waals surface area contributed by atoms with Gasteiger partial charge in [-0.05, 0) is 43.5 Å². The fraction of sp³-hybridized carbons (Fsp3) is 0.400. The van der Waals surface area contributed by atoms with Gasteiger partial charge in [0, 0.05) is 29.1 Å². The number of aromatic nitrogens is 2. The lowest BCUT2D eigenvalue weighted by Gasteiger charge is -2.11. The van der Waals surface area contributed by atoms with Gasteiger partial charge in [-0.25, -0.2) is 4.98 Å². The maximum atomic E-state index is 4.40. The van der Waals surface area contributed by atoms with Gasteiger partial charge in [0.2, 0.25) is 0 Å². The monoisotopic (exact) mass is 321 g/mol. The van der Waals surface area contributed by atoms with Crippen LogP contribution in [-0.2, 0) is 13.1 Å². The van der Waals surface area contributed by atoms with Gasteiger partial charge in [0.05, 0.1) is 6.54 Å². The molecule has 0 aliphatic rings. The summed E-state index contributed by atoms with van der Waals surface area (Å²) in [5, 5.41) is 3.45. The average molecular weight is 322 g/mol. The first-order valence-corrected chi connectivity index (χ1v) is 7.41. The van der Waals surface area contributed by atoms with Gasteiger partial charge in [-0.1, -0.05) is 22.9 Å². The number of rotatable bonds is 5. The molecule has 0 bridgehead atoms. The van der Waals surface area contributed by atoms with Crippen LogP contribution in [0.3, 0.4) is 0 Å². The maximum absolute atomic E-state index is 4.40. The molecule has 0 amide bonds.